The Bertz CT molecular complexity index is 1040. The molecule has 0 spiro atoms. The molecule has 0 radical (unpaired) electrons. The van der Waals surface area contributed by atoms with E-state index >= 15 is 0 Å². The second kappa shape index (κ2) is 11.1. The highest BCUT2D eigenvalue weighted by Gasteiger charge is 2.10. The van der Waals surface area contributed by atoms with Crippen molar-refractivity contribution in [2.45, 2.75) is 6.42 Å². The zero-order chi connectivity index (χ0) is 22.1. The maximum absolute atomic E-state index is 12.3. The van der Waals surface area contributed by atoms with Gasteiger partial charge in [0.05, 0.1) is 6.61 Å². The highest BCUT2D eigenvalue weighted by molar-refractivity contribution is 7.80. The minimum atomic E-state index is -0.412. The van der Waals surface area contributed by atoms with Gasteiger partial charge in [0.1, 0.15) is 5.75 Å². The van der Waals surface area contributed by atoms with Crippen LogP contribution in [0.25, 0.3) is 0 Å². The SMILES string of the molecule is O=C(NNC(=S)NC(=O)c1ccc(OCCc2ccccc2)cc1)c1ccc(Cl)cc1. The highest BCUT2D eigenvalue weighted by atomic mass is 35.5. The fourth-order valence-corrected chi connectivity index (χ4v) is 2.90. The summed E-state index contributed by atoms with van der Waals surface area (Å²) >= 11 is 10.8. The summed E-state index contributed by atoms with van der Waals surface area (Å²) in [6, 6.07) is 23.1. The van der Waals surface area contributed by atoms with Crippen molar-refractivity contribution in [3.8, 4) is 5.75 Å². The maximum atomic E-state index is 12.3. The Labute approximate surface area is 190 Å². The standard InChI is InChI=1S/C23H20ClN3O3S/c24-19-10-6-18(7-11-19)22(29)26-27-23(31)25-21(28)17-8-12-20(13-9-17)30-15-14-16-4-2-1-3-5-16/h1-13H,14-15H2,(H,26,29)(H2,25,27,28,31). The molecule has 0 fully saturated rings. The minimum absolute atomic E-state index is 0.0319. The van der Waals surface area contributed by atoms with Gasteiger partial charge in [-0.1, -0.05) is 41.9 Å². The number of ether oxygens (including phenoxy) is 1. The Morgan fingerprint density at radius 3 is 2.10 bits per heavy atom. The molecule has 3 aromatic rings. The molecule has 158 valence electrons. The van der Waals surface area contributed by atoms with E-state index in [0.29, 0.717) is 28.5 Å². The summed E-state index contributed by atoms with van der Waals surface area (Å²) in [5.41, 5.74) is 6.91. The Morgan fingerprint density at radius 1 is 0.806 bits per heavy atom. The van der Waals surface area contributed by atoms with Crippen molar-refractivity contribution in [3.63, 3.8) is 0 Å². The van der Waals surface area contributed by atoms with Crippen LogP contribution < -0.4 is 20.9 Å². The molecule has 0 aliphatic heterocycles. The van der Waals surface area contributed by atoms with Crippen LogP contribution >= 0.6 is 23.8 Å². The molecule has 0 saturated heterocycles. The molecule has 0 atom stereocenters. The van der Waals surface area contributed by atoms with Crippen LogP contribution in [0.4, 0.5) is 0 Å². The molecule has 31 heavy (non-hydrogen) atoms. The zero-order valence-electron chi connectivity index (χ0n) is 16.4. The average Bonchev–Trinajstić information content (AvgIpc) is 2.79. The fourth-order valence-electron chi connectivity index (χ4n) is 2.63. The number of amides is 2. The lowest BCUT2D eigenvalue weighted by Gasteiger charge is -2.11. The average molecular weight is 454 g/mol. The Kier molecular flexibility index (Phi) is 7.98. The van der Waals surface area contributed by atoms with Gasteiger partial charge in [-0.05, 0) is 66.3 Å². The molecule has 0 saturated carbocycles. The lowest BCUT2D eigenvalue weighted by molar-refractivity contribution is 0.0934. The molecule has 0 aliphatic rings. The van der Waals surface area contributed by atoms with E-state index in [4.69, 9.17) is 28.6 Å². The number of hydrazine groups is 1. The summed E-state index contributed by atoms with van der Waals surface area (Å²) in [5.74, 6) is -0.150. The quantitative estimate of drug-likeness (QED) is 0.389. The van der Waals surface area contributed by atoms with E-state index in [9.17, 15) is 9.59 Å². The smallest absolute Gasteiger partial charge is 0.269 e. The molecule has 0 aliphatic carbocycles. The van der Waals surface area contributed by atoms with Gasteiger partial charge in [0.2, 0.25) is 0 Å². The molecule has 6 nitrogen and oxygen atoms in total. The molecule has 0 aromatic heterocycles. The van der Waals surface area contributed by atoms with Gasteiger partial charge < -0.3 is 4.74 Å². The van der Waals surface area contributed by atoms with Crippen LogP contribution in [0.5, 0.6) is 5.75 Å². The van der Waals surface area contributed by atoms with Crippen LogP contribution in [0.2, 0.25) is 5.02 Å². The van der Waals surface area contributed by atoms with E-state index in [2.05, 4.69) is 16.2 Å². The van der Waals surface area contributed by atoms with E-state index in [1.807, 2.05) is 30.3 Å². The van der Waals surface area contributed by atoms with Crippen molar-refractivity contribution in [2.75, 3.05) is 6.61 Å². The van der Waals surface area contributed by atoms with E-state index in [-0.39, 0.29) is 5.11 Å². The summed E-state index contributed by atoms with van der Waals surface area (Å²) in [4.78, 5) is 24.3. The summed E-state index contributed by atoms with van der Waals surface area (Å²) in [7, 11) is 0. The lowest BCUT2D eigenvalue weighted by atomic mass is 10.2. The van der Waals surface area contributed by atoms with Crippen LogP contribution in [0.3, 0.4) is 0 Å². The topological polar surface area (TPSA) is 79.5 Å². The second-order valence-electron chi connectivity index (χ2n) is 6.48. The number of hydrogen-bond acceptors (Lipinski definition) is 4. The first-order valence-electron chi connectivity index (χ1n) is 9.45. The number of carbonyl (C=O) groups is 2. The molecular formula is C23H20ClN3O3S. The van der Waals surface area contributed by atoms with E-state index in [1.54, 1.807) is 48.5 Å². The largest absolute Gasteiger partial charge is 0.493 e. The Balaban J connectivity index is 1.42. The third kappa shape index (κ3) is 7.09. The molecule has 3 aromatic carbocycles. The van der Waals surface area contributed by atoms with Crippen molar-refractivity contribution >= 4 is 40.7 Å². The van der Waals surface area contributed by atoms with Crippen LogP contribution in [0.1, 0.15) is 26.3 Å². The van der Waals surface area contributed by atoms with Gasteiger partial charge in [-0.3, -0.25) is 25.8 Å². The van der Waals surface area contributed by atoms with Gasteiger partial charge in [0.15, 0.2) is 5.11 Å². The van der Waals surface area contributed by atoms with E-state index < -0.39 is 11.8 Å². The van der Waals surface area contributed by atoms with Crippen molar-refractivity contribution in [3.05, 3.63) is 101 Å². The van der Waals surface area contributed by atoms with Gasteiger partial charge in [-0.2, -0.15) is 0 Å². The number of nitrogens with one attached hydrogen (secondary N) is 3. The van der Waals surface area contributed by atoms with Gasteiger partial charge in [-0.15, -0.1) is 0 Å². The monoisotopic (exact) mass is 453 g/mol. The number of carbonyl (C=O) groups excluding carboxylic acids is 2. The molecule has 0 bridgehead atoms. The first-order chi connectivity index (χ1) is 15.0. The molecule has 0 heterocycles. The van der Waals surface area contributed by atoms with Crippen LogP contribution in [0.15, 0.2) is 78.9 Å². The lowest BCUT2D eigenvalue weighted by Crippen LogP contribution is -2.48. The molecule has 8 heteroatoms. The minimum Gasteiger partial charge on any atom is -0.493 e. The van der Waals surface area contributed by atoms with Gasteiger partial charge in [0.25, 0.3) is 11.8 Å². The van der Waals surface area contributed by atoms with Crippen LogP contribution in [-0.4, -0.2) is 23.5 Å². The first-order valence-corrected chi connectivity index (χ1v) is 10.2. The van der Waals surface area contributed by atoms with Crippen LogP contribution in [-0.2, 0) is 6.42 Å². The summed E-state index contributed by atoms with van der Waals surface area (Å²) in [6.45, 7) is 0.539. The van der Waals surface area contributed by atoms with E-state index in [0.717, 1.165) is 6.42 Å². The van der Waals surface area contributed by atoms with Crippen molar-refractivity contribution in [1.29, 1.82) is 0 Å². The van der Waals surface area contributed by atoms with Gasteiger partial charge in [0, 0.05) is 22.6 Å². The van der Waals surface area contributed by atoms with E-state index in [1.165, 1.54) is 5.56 Å². The predicted molar refractivity (Wildman–Crippen MR) is 124 cm³/mol. The third-order valence-corrected chi connectivity index (χ3v) is 4.70. The number of thiocarbonyl (C=S) groups is 1. The zero-order valence-corrected chi connectivity index (χ0v) is 18.0. The molecule has 2 amide bonds. The number of hydrogen-bond donors (Lipinski definition) is 3. The first kappa shape index (κ1) is 22.3. The van der Waals surface area contributed by atoms with Crippen molar-refractivity contribution in [1.82, 2.24) is 16.2 Å². The normalized spacial score (nSPS) is 10.1. The predicted octanol–water partition coefficient (Wildman–Crippen LogP) is 3.91. The van der Waals surface area contributed by atoms with Gasteiger partial charge in [-0.25, -0.2) is 0 Å². The van der Waals surface area contributed by atoms with Crippen molar-refractivity contribution < 1.29 is 14.3 Å². The highest BCUT2D eigenvalue weighted by Crippen LogP contribution is 2.13. The van der Waals surface area contributed by atoms with Gasteiger partial charge >= 0.3 is 0 Å². The Morgan fingerprint density at radius 2 is 1.42 bits per heavy atom. The number of rotatable bonds is 6. The van der Waals surface area contributed by atoms with Crippen molar-refractivity contribution in [2.24, 2.45) is 0 Å². The number of halogens is 1. The molecular weight excluding hydrogens is 434 g/mol. The Hall–Kier alpha value is -3.42. The maximum Gasteiger partial charge on any atom is 0.269 e. The third-order valence-electron chi connectivity index (χ3n) is 4.24. The number of benzene rings is 3. The van der Waals surface area contributed by atoms with Crippen LogP contribution in [0, 0.1) is 0 Å². The molecule has 0 unspecified atom stereocenters. The second-order valence-corrected chi connectivity index (χ2v) is 7.32. The summed E-state index contributed by atoms with van der Waals surface area (Å²) in [6.07, 6.45) is 0.796. The summed E-state index contributed by atoms with van der Waals surface area (Å²) < 4.78 is 5.71. The molecule has 3 rings (SSSR count). The fraction of sp³-hybridized carbons (Fsp3) is 0.0870. The molecule has 3 N–H and O–H groups in total. The summed E-state index contributed by atoms with van der Waals surface area (Å²) in [5, 5.41) is 3.00.